The molecule has 3 aromatic carbocycles. The van der Waals surface area contributed by atoms with Crippen molar-refractivity contribution in [3.63, 3.8) is 0 Å². The molecule has 0 unspecified atom stereocenters. The number of methoxy groups -OCH3 is 1. The maximum absolute atomic E-state index is 13.1. The molecule has 3 aromatic rings. The molecule has 2 N–H and O–H groups in total. The van der Waals surface area contributed by atoms with Gasteiger partial charge in [-0.3, -0.25) is 9.59 Å². The van der Waals surface area contributed by atoms with Gasteiger partial charge < -0.3 is 15.0 Å². The van der Waals surface area contributed by atoms with Gasteiger partial charge in [-0.2, -0.15) is 0 Å². The summed E-state index contributed by atoms with van der Waals surface area (Å²) in [5, 5.41) is 2.69. The van der Waals surface area contributed by atoms with Crippen LogP contribution in [0.2, 0.25) is 0 Å². The quantitative estimate of drug-likeness (QED) is 0.498. The third-order valence-electron chi connectivity index (χ3n) is 5.86. The van der Waals surface area contributed by atoms with E-state index < -0.39 is 10.0 Å². The van der Waals surface area contributed by atoms with Gasteiger partial charge in [0.1, 0.15) is 5.75 Å². The van der Waals surface area contributed by atoms with Crippen LogP contribution in [-0.2, 0) is 27.8 Å². The van der Waals surface area contributed by atoms with Crippen molar-refractivity contribution in [2.45, 2.75) is 31.2 Å². The van der Waals surface area contributed by atoms with Gasteiger partial charge in [-0.05, 0) is 72.1 Å². The summed E-state index contributed by atoms with van der Waals surface area (Å²) in [7, 11) is -2.18. The molecule has 182 valence electrons. The van der Waals surface area contributed by atoms with Crippen LogP contribution < -0.4 is 19.7 Å². The zero-order valence-electron chi connectivity index (χ0n) is 19.6. The smallest absolute Gasteiger partial charge is 0.258 e. The molecule has 1 heterocycles. The highest BCUT2D eigenvalue weighted by molar-refractivity contribution is 7.89. The molecule has 8 nitrogen and oxygen atoms in total. The number of hydrogen-bond acceptors (Lipinski definition) is 5. The lowest BCUT2D eigenvalue weighted by Crippen LogP contribution is -2.29. The van der Waals surface area contributed by atoms with Gasteiger partial charge in [0.25, 0.3) is 5.91 Å². The van der Waals surface area contributed by atoms with Crippen LogP contribution in [0.3, 0.4) is 0 Å². The van der Waals surface area contributed by atoms with Gasteiger partial charge in [-0.25, -0.2) is 13.1 Å². The normalized spacial score (nSPS) is 12.8. The highest BCUT2D eigenvalue weighted by Gasteiger charge is 2.26. The Bertz CT molecular complexity index is 1340. The number of anilines is 2. The van der Waals surface area contributed by atoms with Crippen LogP contribution >= 0.6 is 0 Å². The number of carbonyl (C=O) groups is 2. The van der Waals surface area contributed by atoms with Crippen molar-refractivity contribution in [2.24, 2.45) is 0 Å². The Hall–Kier alpha value is -3.69. The van der Waals surface area contributed by atoms with Crippen molar-refractivity contribution in [3.05, 3.63) is 83.4 Å². The molecule has 2 amide bonds. The minimum absolute atomic E-state index is 0.0779. The van der Waals surface area contributed by atoms with Gasteiger partial charge in [0.15, 0.2) is 0 Å². The third kappa shape index (κ3) is 5.52. The minimum Gasteiger partial charge on any atom is -0.497 e. The average Bonchev–Trinajstić information content (AvgIpc) is 3.30. The monoisotopic (exact) mass is 493 g/mol. The van der Waals surface area contributed by atoms with Crippen LogP contribution in [0, 0.1) is 0 Å². The summed E-state index contributed by atoms with van der Waals surface area (Å²) in [6.45, 7) is 2.38. The second-order valence-electron chi connectivity index (χ2n) is 8.15. The van der Waals surface area contributed by atoms with E-state index in [2.05, 4.69) is 10.0 Å². The van der Waals surface area contributed by atoms with E-state index in [-0.39, 0.29) is 23.3 Å². The number of nitrogens with zero attached hydrogens (tertiary/aromatic N) is 1. The first-order valence-electron chi connectivity index (χ1n) is 11.3. The molecule has 0 radical (unpaired) electrons. The molecule has 0 aliphatic carbocycles. The second-order valence-corrected chi connectivity index (χ2v) is 9.92. The number of fused-ring (bicyclic) bond motifs is 1. The van der Waals surface area contributed by atoms with Gasteiger partial charge >= 0.3 is 0 Å². The number of nitrogens with one attached hydrogen (secondary N) is 2. The molecule has 0 saturated carbocycles. The lowest BCUT2D eigenvalue weighted by molar-refractivity contribution is -0.115. The molecular formula is C26H27N3O5S. The second kappa shape index (κ2) is 10.3. The number of ether oxygens (including phenoxy) is 1. The summed E-state index contributed by atoms with van der Waals surface area (Å²) in [5.41, 5.74) is 3.68. The fraction of sp³-hybridized carbons (Fsp3) is 0.231. The molecule has 0 bridgehead atoms. The first-order valence-corrected chi connectivity index (χ1v) is 12.8. The predicted octanol–water partition coefficient (Wildman–Crippen LogP) is 3.73. The van der Waals surface area contributed by atoms with Crippen LogP contribution in [-0.4, -0.2) is 33.9 Å². The lowest BCUT2D eigenvalue weighted by atomic mass is 10.1. The van der Waals surface area contributed by atoms with E-state index in [0.717, 1.165) is 23.2 Å². The van der Waals surface area contributed by atoms with E-state index in [1.54, 1.807) is 55.3 Å². The van der Waals surface area contributed by atoms with Gasteiger partial charge in [-0.15, -0.1) is 0 Å². The third-order valence-corrected chi connectivity index (χ3v) is 7.28. The lowest BCUT2D eigenvalue weighted by Gasteiger charge is -2.18. The fourth-order valence-corrected chi connectivity index (χ4v) is 4.88. The molecule has 1 aliphatic rings. The Labute approximate surface area is 205 Å². The van der Waals surface area contributed by atoms with Gasteiger partial charge in [0.2, 0.25) is 15.9 Å². The number of amides is 2. The zero-order valence-corrected chi connectivity index (χ0v) is 20.4. The van der Waals surface area contributed by atoms with Crippen molar-refractivity contribution >= 4 is 33.2 Å². The Morgan fingerprint density at radius 1 is 1.00 bits per heavy atom. The van der Waals surface area contributed by atoms with E-state index in [4.69, 9.17) is 4.74 Å². The van der Waals surface area contributed by atoms with E-state index in [0.29, 0.717) is 30.0 Å². The van der Waals surface area contributed by atoms with Crippen LogP contribution in [0.5, 0.6) is 5.75 Å². The molecule has 1 aliphatic heterocycles. The zero-order chi connectivity index (χ0) is 25.0. The summed E-state index contributed by atoms with van der Waals surface area (Å²) in [5.74, 6) is 0.424. The standard InChI is InChI=1S/C26H27N3O5S/c1-3-25(30)28-21-8-12-23(13-9-21)35(32,33)27-17-18-4-5-19-14-15-29(24(19)16-18)26(31)20-6-10-22(34-2)11-7-20/h4-13,16,27H,3,14-15,17H2,1-2H3,(H,28,30). The Morgan fingerprint density at radius 2 is 1.71 bits per heavy atom. The van der Waals surface area contributed by atoms with E-state index in [1.165, 1.54) is 12.1 Å². The van der Waals surface area contributed by atoms with E-state index >= 15 is 0 Å². The molecular weight excluding hydrogens is 466 g/mol. The van der Waals surface area contributed by atoms with Crippen molar-refractivity contribution < 1.29 is 22.7 Å². The van der Waals surface area contributed by atoms with Crippen LogP contribution in [0.4, 0.5) is 11.4 Å². The average molecular weight is 494 g/mol. The fourth-order valence-electron chi connectivity index (χ4n) is 3.86. The Morgan fingerprint density at radius 3 is 2.37 bits per heavy atom. The van der Waals surface area contributed by atoms with Crippen molar-refractivity contribution in [3.8, 4) is 5.75 Å². The van der Waals surface area contributed by atoms with Crippen molar-refractivity contribution in [2.75, 3.05) is 23.9 Å². The molecule has 0 atom stereocenters. The number of carbonyl (C=O) groups excluding carboxylic acids is 2. The first kappa shape index (κ1) is 24.4. The Kier molecular flexibility index (Phi) is 7.18. The first-order chi connectivity index (χ1) is 16.8. The highest BCUT2D eigenvalue weighted by Crippen LogP contribution is 2.31. The molecule has 9 heteroatoms. The maximum atomic E-state index is 13.1. The van der Waals surface area contributed by atoms with E-state index in [9.17, 15) is 18.0 Å². The SMILES string of the molecule is CCC(=O)Nc1ccc(S(=O)(=O)NCc2ccc3c(c2)N(C(=O)c2ccc(OC)cc2)CC3)cc1. The van der Waals surface area contributed by atoms with Crippen LogP contribution in [0.25, 0.3) is 0 Å². The van der Waals surface area contributed by atoms with Crippen molar-refractivity contribution in [1.82, 2.24) is 4.72 Å². The summed E-state index contributed by atoms with van der Waals surface area (Å²) in [6, 6.07) is 18.6. The van der Waals surface area contributed by atoms with Gasteiger partial charge in [-0.1, -0.05) is 19.1 Å². The number of benzene rings is 3. The maximum Gasteiger partial charge on any atom is 0.258 e. The summed E-state index contributed by atoms with van der Waals surface area (Å²) < 4.78 is 33.3. The van der Waals surface area contributed by atoms with Gasteiger partial charge in [0, 0.05) is 36.4 Å². The topological polar surface area (TPSA) is 105 Å². The van der Waals surface area contributed by atoms with Crippen molar-refractivity contribution in [1.29, 1.82) is 0 Å². The van der Waals surface area contributed by atoms with Crippen LogP contribution in [0.15, 0.2) is 71.6 Å². The predicted molar refractivity (Wildman–Crippen MR) is 134 cm³/mol. The number of sulfonamides is 1. The molecule has 0 spiro atoms. The van der Waals surface area contributed by atoms with Crippen LogP contribution in [0.1, 0.15) is 34.8 Å². The Balaban J connectivity index is 1.45. The summed E-state index contributed by atoms with van der Waals surface area (Å²) >= 11 is 0. The molecule has 35 heavy (non-hydrogen) atoms. The molecule has 0 aromatic heterocycles. The summed E-state index contributed by atoms with van der Waals surface area (Å²) in [4.78, 5) is 26.4. The highest BCUT2D eigenvalue weighted by atomic mass is 32.2. The molecule has 0 saturated heterocycles. The summed E-state index contributed by atoms with van der Waals surface area (Å²) in [6.07, 6.45) is 1.08. The molecule has 4 rings (SSSR count). The number of rotatable bonds is 8. The van der Waals surface area contributed by atoms with E-state index in [1.807, 2.05) is 18.2 Å². The minimum atomic E-state index is -3.76. The molecule has 0 fully saturated rings. The van der Waals surface area contributed by atoms with Gasteiger partial charge in [0.05, 0.1) is 12.0 Å². The number of hydrogen-bond donors (Lipinski definition) is 2. The largest absolute Gasteiger partial charge is 0.497 e.